The molecule has 0 N–H and O–H groups in total. The van der Waals surface area contributed by atoms with Crippen LogP contribution in [0.2, 0.25) is 13.1 Å². The number of hydrogen-bond acceptors (Lipinski definition) is 0. The zero-order chi connectivity index (χ0) is 19.1. The molecule has 0 aliphatic heterocycles. The predicted octanol–water partition coefficient (Wildman–Crippen LogP) is 7.85. The fourth-order valence-corrected chi connectivity index (χ4v) is 2.16. The molecule has 148 valence electrons. The Morgan fingerprint density at radius 2 is 1.00 bits per heavy atom. The molecule has 0 fully saturated rings. The molecule has 0 saturated carbocycles. The van der Waals surface area contributed by atoms with Gasteiger partial charge in [-0.1, -0.05) is 55.4 Å². The third kappa shape index (κ3) is 14.7. The van der Waals surface area contributed by atoms with Crippen LogP contribution in [0.3, 0.4) is 0 Å². The quantitative estimate of drug-likeness (QED) is 0.239. The summed E-state index contributed by atoms with van der Waals surface area (Å²) in [7, 11) is 0. The summed E-state index contributed by atoms with van der Waals surface area (Å²) in [5.41, 5.74) is 6.49. The summed E-state index contributed by atoms with van der Waals surface area (Å²) in [5.74, 6) is 0. The minimum absolute atomic E-state index is 0. The van der Waals surface area contributed by atoms with E-state index in [4.69, 9.17) is 0 Å². The molecule has 0 aromatic heterocycles. The van der Waals surface area contributed by atoms with Crippen molar-refractivity contribution in [3.05, 3.63) is 46.6 Å². The molecule has 0 atom stereocenters. The molecule has 0 spiro atoms. The summed E-state index contributed by atoms with van der Waals surface area (Å²) in [6.45, 7) is 22.3. The van der Waals surface area contributed by atoms with E-state index in [-0.39, 0.29) is 30.2 Å². The second-order valence-corrected chi connectivity index (χ2v) is 18.3. The van der Waals surface area contributed by atoms with E-state index in [9.17, 15) is 0 Å². The van der Waals surface area contributed by atoms with Gasteiger partial charge in [0.25, 0.3) is 0 Å². The van der Waals surface area contributed by atoms with E-state index in [1.165, 1.54) is 22.3 Å². The average Bonchev–Trinajstić information content (AvgIpc) is 2.96. The molecule has 0 aromatic carbocycles. The van der Waals surface area contributed by atoms with Crippen molar-refractivity contribution < 1.29 is 23.3 Å². The summed E-state index contributed by atoms with van der Waals surface area (Å²) in [6, 6.07) is 0. The van der Waals surface area contributed by atoms with E-state index in [1.807, 2.05) is 0 Å². The first kappa shape index (κ1) is 31.3. The van der Waals surface area contributed by atoms with Crippen molar-refractivity contribution in [3.8, 4) is 0 Å². The SMILES string of the molecule is CC1=[C-]CC(C(C)(C)C)=C1.CC1=[C-]CC(C(C)(C)C)=C1.C[Si](C)=[Zr+2].Cl.Cl. The molecular formula is C22H38Cl2SiZr. The molecular weight excluding hydrogens is 454 g/mol. The third-order valence-electron chi connectivity index (χ3n) is 3.82. The molecule has 2 rings (SSSR count). The summed E-state index contributed by atoms with van der Waals surface area (Å²) in [4.78, 5) is 0. The van der Waals surface area contributed by atoms with Crippen molar-refractivity contribution in [2.75, 3.05) is 0 Å². The summed E-state index contributed by atoms with van der Waals surface area (Å²) in [5, 5.41) is 0. The standard InChI is InChI=1S/2C10H15.C2H6Si.2ClH.Zr/c2*1-8-5-6-9(7-8)10(2,3)4;1-3-2;;;/h2*7H,6H2,1-4H3;1-2H3;2*1H;/q2*-1;;;;+2. The van der Waals surface area contributed by atoms with Crippen molar-refractivity contribution in [3.63, 3.8) is 0 Å². The molecule has 4 heteroatoms. The second-order valence-electron chi connectivity index (χ2n) is 8.91. The van der Waals surface area contributed by atoms with E-state index < -0.39 is 0 Å². The maximum absolute atomic E-state index is 3.30. The van der Waals surface area contributed by atoms with Gasteiger partial charge in [-0.05, 0) is 10.8 Å². The Labute approximate surface area is 191 Å². The average molecular weight is 493 g/mol. The van der Waals surface area contributed by atoms with Gasteiger partial charge in [-0.15, -0.1) is 37.7 Å². The molecule has 0 amide bonds. The Morgan fingerprint density at radius 1 is 0.769 bits per heavy atom. The topological polar surface area (TPSA) is 0 Å². The fourth-order valence-electron chi connectivity index (χ4n) is 2.16. The van der Waals surface area contributed by atoms with Crippen LogP contribution in [-0.2, 0) is 23.3 Å². The van der Waals surface area contributed by atoms with Crippen LogP contribution < -0.4 is 0 Å². The van der Waals surface area contributed by atoms with Gasteiger partial charge < -0.3 is 0 Å². The van der Waals surface area contributed by atoms with Crippen molar-refractivity contribution in [1.29, 1.82) is 0 Å². The first-order valence-corrected chi connectivity index (χ1v) is 15.0. The number of allylic oxidation sites excluding steroid dienone is 8. The minimum atomic E-state index is 0. The number of hydrogen-bond donors (Lipinski definition) is 0. The van der Waals surface area contributed by atoms with Crippen LogP contribution in [0.25, 0.3) is 0 Å². The van der Waals surface area contributed by atoms with Gasteiger partial charge in [-0.3, -0.25) is 12.2 Å². The van der Waals surface area contributed by atoms with Crippen LogP contribution >= 0.6 is 24.8 Å². The third-order valence-corrected chi connectivity index (χ3v) is 3.82. The first-order valence-electron chi connectivity index (χ1n) is 8.82. The van der Waals surface area contributed by atoms with E-state index in [2.05, 4.69) is 92.8 Å². The van der Waals surface area contributed by atoms with Crippen LogP contribution in [0, 0.1) is 23.0 Å². The summed E-state index contributed by atoms with van der Waals surface area (Å²) in [6.07, 6.45) is 13.2. The summed E-state index contributed by atoms with van der Waals surface area (Å²) >= 11 is 1.74. The Balaban J connectivity index is -0.000000319. The van der Waals surface area contributed by atoms with Gasteiger partial charge in [0.15, 0.2) is 0 Å². The monoisotopic (exact) mass is 490 g/mol. The maximum Gasteiger partial charge on any atom is -0.147 e. The molecule has 2 aliphatic carbocycles. The fraction of sp³-hybridized carbons (Fsp3) is 0.636. The van der Waals surface area contributed by atoms with Gasteiger partial charge in [0.2, 0.25) is 0 Å². The second kappa shape index (κ2) is 13.8. The van der Waals surface area contributed by atoms with Crippen LogP contribution in [0.4, 0.5) is 0 Å². The van der Waals surface area contributed by atoms with E-state index in [0.717, 1.165) is 12.8 Å². The van der Waals surface area contributed by atoms with Gasteiger partial charge in [0.1, 0.15) is 0 Å². The zero-order valence-corrected chi connectivity index (χ0v) is 23.5. The van der Waals surface area contributed by atoms with E-state index in [1.54, 1.807) is 23.3 Å². The Morgan fingerprint density at radius 3 is 1.08 bits per heavy atom. The summed E-state index contributed by atoms with van der Waals surface area (Å²) < 4.78 is 0. The molecule has 0 nitrogen and oxygen atoms in total. The largest absolute Gasteiger partial charge is 0.147 e. The molecule has 0 unspecified atom stereocenters. The number of halogens is 2. The Hall–Kier alpha value is 0.640. The molecule has 26 heavy (non-hydrogen) atoms. The smallest absolute Gasteiger partial charge is 0.147 e. The molecule has 0 radical (unpaired) electrons. The zero-order valence-electron chi connectivity index (χ0n) is 18.4. The minimum Gasteiger partial charge on any atom is -0.147 e. The van der Waals surface area contributed by atoms with E-state index >= 15 is 0 Å². The Bertz CT molecular complexity index is 518. The Kier molecular flexibility index (Phi) is 16.6. The van der Waals surface area contributed by atoms with Crippen molar-refractivity contribution >= 4 is 30.2 Å². The van der Waals surface area contributed by atoms with Crippen LogP contribution in [-0.4, -0.2) is 5.43 Å². The van der Waals surface area contributed by atoms with Gasteiger partial charge in [-0.2, -0.15) is 11.1 Å². The van der Waals surface area contributed by atoms with Crippen molar-refractivity contribution in [1.82, 2.24) is 0 Å². The van der Waals surface area contributed by atoms with Crippen molar-refractivity contribution in [2.24, 2.45) is 10.8 Å². The molecule has 0 heterocycles. The molecule has 0 aromatic rings. The normalized spacial score (nSPS) is 15.5. The maximum atomic E-state index is 3.30. The van der Waals surface area contributed by atoms with Crippen LogP contribution in [0.5, 0.6) is 0 Å². The molecule has 2 aliphatic rings. The van der Waals surface area contributed by atoms with Gasteiger partial charge in [-0.25, -0.2) is 23.3 Å². The van der Waals surface area contributed by atoms with Gasteiger partial charge in [0, 0.05) is 0 Å². The van der Waals surface area contributed by atoms with E-state index in [0.29, 0.717) is 10.8 Å². The number of rotatable bonds is 0. The molecule has 0 saturated heterocycles. The van der Waals surface area contributed by atoms with Crippen molar-refractivity contribution in [2.45, 2.75) is 81.3 Å². The molecule has 0 bridgehead atoms. The van der Waals surface area contributed by atoms with Gasteiger partial charge in [0.05, 0.1) is 0 Å². The van der Waals surface area contributed by atoms with Crippen LogP contribution in [0.15, 0.2) is 34.4 Å². The first-order chi connectivity index (χ1) is 10.7. The predicted molar refractivity (Wildman–Crippen MR) is 121 cm³/mol. The van der Waals surface area contributed by atoms with Gasteiger partial charge >= 0.3 is 41.9 Å². The van der Waals surface area contributed by atoms with Crippen LogP contribution in [0.1, 0.15) is 68.2 Å².